The van der Waals surface area contributed by atoms with Crippen LogP contribution in [0.25, 0.3) is 11.3 Å². The highest BCUT2D eigenvalue weighted by atomic mass is 35.5. The second-order valence-electron chi connectivity index (χ2n) is 5.82. The molecule has 1 aliphatic rings. The molecule has 0 unspecified atom stereocenters. The Morgan fingerprint density at radius 1 is 1.39 bits per heavy atom. The van der Waals surface area contributed by atoms with Crippen molar-refractivity contribution >= 4 is 17.4 Å². The van der Waals surface area contributed by atoms with Crippen molar-refractivity contribution in [3.63, 3.8) is 0 Å². The highest BCUT2D eigenvalue weighted by Gasteiger charge is 2.25. The van der Waals surface area contributed by atoms with Crippen LogP contribution in [0, 0.1) is 18.7 Å². The second-order valence-corrected chi connectivity index (χ2v) is 6.20. The van der Waals surface area contributed by atoms with Crippen LogP contribution in [0.2, 0.25) is 5.02 Å². The van der Waals surface area contributed by atoms with Gasteiger partial charge in [-0.15, -0.1) is 0 Å². The summed E-state index contributed by atoms with van der Waals surface area (Å²) in [7, 11) is 0. The van der Waals surface area contributed by atoms with Gasteiger partial charge in [-0.25, -0.2) is 4.39 Å². The fraction of sp³-hybridized carbons (Fsp3) is 0.412. The van der Waals surface area contributed by atoms with Gasteiger partial charge in [-0.3, -0.25) is 4.79 Å². The third-order valence-electron chi connectivity index (χ3n) is 4.15. The zero-order valence-electron chi connectivity index (χ0n) is 12.8. The first-order valence-electron chi connectivity index (χ1n) is 7.59. The van der Waals surface area contributed by atoms with Gasteiger partial charge in [-0.2, -0.15) is 0 Å². The van der Waals surface area contributed by atoms with E-state index in [1.807, 2.05) is 0 Å². The quantitative estimate of drug-likeness (QED) is 0.774. The van der Waals surface area contributed by atoms with Gasteiger partial charge >= 0.3 is 0 Å². The number of halogens is 2. The van der Waals surface area contributed by atoms with E-state index in [0.717, 1.165) is 12.8 Å². The first kappa shape index (κ1) is 16.1. The van der Waals surface area contributed by atoms with Gasteiger partial charge in [0.2, 0.25) is 11.5 Å². The van der Waals surface area contributed by atoms with E-state index in [4.69, 9.17) is 20.9 Å². The zero-order valence-corrected chi connectivity index (χ0v) is 13.5. The van der Waals surface area contributed by atoms with Crippen molar-refractivity contribution in [2.45, 2.75) is 26.2 Å². The van der Waals surface area contributed by atoms with Crippen LogP contribution < -0.4 is 0 Å². The van der Waals surface area contributed by atoms with Crippen molar-refractivity contribution in [1.82, 2.24) is 5.16 Å². The number of ether oxygens (including phenoxy) is 1. The Labute approximate surface area is 138 Å². The molecule has 2 aromatic rings. The summed E-state index contributed by atoms with van der Waals surface area (Å²) in [6.45, 7) is 3.03. The number of Topliss-reactive ketones (excluding diaryl/α,β-unsaturated/α-hetero) is 1. The van der Waals surface area contributed by atoms with E-state index in [1.165, 1.54) is 6.07 Å². The molecule has 0 saturated carbocycles. The lowest BCUT2D eigenvalue weighted by atomic mass is 9.93. The largest absolute Gasteiger partial charge is 0.381 e. The van der Waals surface area contributed by atoms with Gasteiger partial charge in [0.1, 0.15) is 16.5 Å². The number of nitrogens with zero attached hydrogens (tertiary/aromatic N) is 1. The second kappa shape index (κ2) is 6.81. The predicted octanol–water partition coefficient (Wildman–Crippen LogP) is 4.44. The normalized spacial score (nSPS) is 15.8. The van der Waals surface area contributed by atoms with Crippen LogP contribution in [-0.4, -0.2) is 24.2 Å². The summed E-state index contributed by atoms with van der Waals surface area (Å²) in [6.07, 6.45) is 2.07. The third-order valence-corrected chi connectivity index (χ3v) is 4.50. The van der Waals surface area contributed by atoms with Crippen molar-refractivity contribution in [2.75, 3.05) is 13.2 Å². The smallest absolute Gasteiger partial charge is 0.221 e. The van der Waals surface area contributed by atoms with Gasteiger partial charge in [-0.05, 0) is 37.3 Å². The Bertz CT molecular complexity index is 723. The summed E-state index contributed by atoms with van der Waals surface area (Å²) in [5.41, 5.74) is 1.32. The van der Waals surface area contributed by atoms with Gasteiger partial charge < -0.3 is 9.26 Å². The SMILES string of the molecule is Cc1ccc(-c2noc(C(=O)CC3CCOCC3)c2Cl)cc1F. The molecule has 1 aromatic carbocycles. The summed E-state index contributed by atoms with van der Waals surface area (Å²) in [4.78, 5) is 12.4. The molecule has 1 aromatic heterocycles. The monoisotopic (exact) mass is 337 g/mol. The van der Waals surface area contributed by atoms with Crippen molar-refractivity contribution in [1.29, 1.82) is 0 Å². The minimum Gasteiger partial charge on any atom is -0.381 e. The molecule has 0 amide bonds. The van der Waals surface area contributed by atoms with Crippen molar-refractivity contribution in [3.8, 4) is 11.3 Å². The number of hydrogen-bond acceptors (Lipinski definition) is 4. The number of ketones is 1. The van der Waals surface area contributed by atoms with E-state index in [-0.39, 0.29) is 28.3 Å². The topological polar surface area (TPSA) is 52.3 Å². The fourth-order valence-corrected chi connectivity index (χ4v) is 2.96. The number of hydrogen-bond donors (Lipinski definition) is 0. The molecule has 2 heterocycles. The molecule has 1 saturated heterocycles. The molecule has 6 heteroatoms. The lowest BCUT2D eigenvalue weighted by molar-refractivity contribution is 0.0590. The third kappa shape index (κ3) is 3.46. The molecule has 1 fully saturated rings. The predicted molar refractivity (Wildman–Crippen MR) is 84.1 cm³/mol. The first-order chi connectivity index (χ1) is 11.1. The molecule has 23 heavy (non-hydrogen) atoms. The number of carbonyl (C=O) groups excluding carboxylic acids is 1. The van der Waals surface area contributed by atoms with Crippen LogP contribution >= 0.6 is 11.6 Å². The lowest BCUT2D eigenvalue weighted by Gasteiger charge is -2.20. The highest BCUT2D eigenvalue weighted by molar-refractivity contribution is 6.35. The minimum absolute atomic E-state index is 0.0501. The van der Waals surface area contributed by atoms with Gasteiger partial charge in [0.25, 0.3) is 0 Å². The van der Waals surface area contributed by atoms with Gasteiger partial charge in [0.15, 0.2) is 0 Å². The number of rotatable bonds is 4. The number of carbonyl (C=O) groups is 1. The van der Waals surface area contributed by atoms with Crippen LogP contribution in [0.15, 0.2) is 22.7 Å². The van der Waals surface area contributed by atoms with Gasteiger partial charge in [-0.1, -0.05) is 28.9 Å². The zero-order chi connectivity index (χ0) is 16.4. The van der Waals surface area contributed by atoms with Crippen molar-refractivity contribution < 1.29 is 18.4 Å². The van der Waals surface area contributed by atoms with Crippen LogP contribution in [-0.2, 0) is 4.74 Å². The van der Waals surface area contributed by atoms with E-state index >= 15 is 0 Å². The summed E-state index contributed by atoms with van der Waals surface area (Å²) in [6, 6.07) is 4.68. The van der Waals surface area contributed by atoms with Crippen LogP contribution in [0.4, 0.5) is 4.39 Å². The molecule has 3 rings (SSSR count). The molecular weight excluding hydrogens is 321 g/mol. The first-order valence-corrected chi connectivity index (χ1v) is 7.96. The summed E-state index contributed by atoms with van der Waals surface area (Å²) in [5.74, 6) is -0.197. The van der Waals surface area contributed by atoms with Gasteiger partial charge in [0.05, 0.1) is 0 Å². The summed E-state index contributed by atoms with van der Waals surface area (Å²) in [5, 5.41) is 4.00. The molecule has 0 N–H and O–H groups in total. The average Bonchev–Trinajstić information content (AvgIpc) is 2.93. The average molecular weight is 338 g/mol. The summed E-state index contributed by atoms with van der Waals surface area (Å²) < 4.78 is 24.1. The minimum atomic E-state index is -0.350. The van der Waals surface area contributed by atoms with Crippen LogP contribution in [0.1, 0.15) is 35.4 Å². The molecule has 0 radical (unpaired) electrons. The standard InChI is InChI=1S/C17H17ClFNO3/c1-10-2-3-12(9-13(10)19)16-15(18)17(23-20-16)14(21)8-11-4-6-22-7-5-11/h2-3,9,11H,4-8H2,1H3. The van der Waals surface area contributed by atoms with E-state index in [1.54, 1.807) is 19.1 Å². The molecular formula is C17H17ClFNO3. The Balaban J connectivity index is 1.80. The molecule has 0 aliphatic carbocycles. The van der Waals surface area contributed by atoms with Crippen molar-refractivity contribution in [3.05, 3.63) is 40.4 Å². The maximum atomic E-state index is 13.7. The molecule has 1 aliphatic heterocycles. The van der Waals surface area contributed by atoms with Crippen LogP contribution in [0.5, 0.6) is 0 Å². The maximum absolute atomic E-state index is 13.7. The molecule has 0 spiro atoms. The lowest BCUT2D eigenvalue weighted by Crippen LogP contribution is -2.18. The summed E-state index contributed by atoms with van der Waals surface area (Å²) >= 11 is 6.24. The Morgan fingerprint density at radius 3 is 2.83 bits per heavy atom. The fourth-order valence-electron chi connectivity index (χ4n) is 2.68. The molecule has 0 bridgehead atoms. The Kier molecular flexibility index (Phi) is 4.78. The number of benzene rings is 1. The van der Waals surface area contributed by atoms with Gasteiger partial charge in [0, 0.05) is 25.2 Å². The molecule has 122 valence electrons. The van der Waals surface area contributed by atoms with E-state index < -0.39 is 0 Å². The van der Waals surface area contributed by atoms with Crippen molar-refractivity contribution in [2.24, 2.45) is 5.92 Å². The Morgan fingerprint density at radius 2 is 2.13 bits per heavy atom. The van der Waals surface area contributed by atoms with Crippen LogP contribution in [0.3, 0.4) is 0 Å². The Hall–Kier alpha value is -1.72. The highest BCUT2D eigenvalue weighted by Crippen LogP contribution is 2.32. The molecule has 0 atom stereocenters. The van der Waals surface area contributed by atoms with E-state index in [0.29, 0.717) is 36.5 Å². The number of aromatic nitrogens is 1. The molecule has 4 nitrogen and oxygen atoms in total. The maximum Gasteiger partial charge on any atom is 0.221 e. The van der Waals surface area contributed by atoms with E-state index in [2.05, 4.69) is 5.16 Å². The van der Waals surface area contributed by atoms with E-state index in [9.17, 15) is 9.18 Å². The number of aryl methyl sites for hydroxylation is 1.